The van der Waals surface area contributed by atoms with E-state index in [4.69, 9.17) is 17.3 Å². The van der Waals surface area contributed by atoms with Gasteiger partial charge in [-0.1, -0.05) is 23.7 Å². The number of hydrogen-bond acceptors (Lipinski definition) is 3. The molecule has 0 bridgehead atoms. The summed E-state index contributed by atoms with van der Waals surface area (Å²) >= 11 is 5.95. The Kier molecular flexibility index (Phi) is 4.08. The van der Waals surface area contributed by atoms with Gasteiger partial charge in [0.25, 0.3) is 0 Å². The zero-order chi connectivity index (χ0) is 13.2. The van der Waals surface area contributed by atoms with Crippen LogP contribution in [-0.2, 0) is 0 Å². The lowest BCUT2D eigenvalue weighted by Crippen LogP contribution is -2.49. The summed E-state index contributed by atoms with van der Waals surface area (Å²) in [5, 5.41) is 0.790. The molecule has 1 aromatic rings. The summed E-state index contributed by atoms with van der Waals surface area (Å²) in [6.45, 7) is 5.30. The third-order valence-corrected chi connectivity index (χ3v) is 4.58. The fraction of sp³-hybridized carbons (Fsp3) is 0.600. The first-order valence-electron chi connectivity index (χ1n) is 7.21. The third kappa shape index (κ3) is 3.11. The predicted molar refractivity (Wildman–Crippen MR) is 79.4 cm³/mol. The largest absolute Gasteiger partial charge is 0.329 e. The molecule has 1 unspecified atom stereocenters. The molecule has 1 aliphatic heterocycles. The van der Waals surface area contributed by atoms with Crippen LogP contribution in [-0.4, -0.2) is 48.6 Å². The van der Waals surface area contributed by atoms with Crippen LogP contribution in [0.3, 0.4) is 0 Å². The Balaban J connectivity index is 1.64. The quantitative estimate of drug-likeness (QED) is 0.916. The highest BCUT2D eigenvalue weighted by atomic mass is 35.5. The van der Waals surface area contributed by atoms with Crippen molar-refractivity contribution in [3.63, 3.8) is 0 Å². The summed E-state index contributed by atoms with van der Waals surface area (Å²) in [4.78, 5) is 5.15. The molecule has 1 aromatic carbocycles. The number of hydrogen-bond donors (Lipinski definition) is 1. The molecule has 19 heavy (non-hydrogen) atoms. The fourth-order valence-electron chi connectivity index (χ4n) is 3.03. The predicted octanol–water partition coefficient (Wildman–Crippen LogP) is 2.12. The number of nitrogens with two attached hydrogens (primary N) is 1. The molecular weight excluding hydrogens is 258 g/mol. The molecule has 0 spiro atoms. The second-order valence-corrected chi connectivity index (χ2v) is 6.04. The van der Waals surface area contributed by atoms with Gasteiger partial charge in [0.1, 0.15) is 0 Å². The van der Waals surface area contributed by atoms with Gasteiger partial charge in [0, 0.05) is 49.8 Å². The molecule has 2 N–H and O–H groups in total. The molecule has 0 aromatic heterocycles. The van der Waals surface area contributed by atoms with Crippen molar-refractivity contribution in [2.75, 3.05) is 32.7 Å². The van der Waals surface area contributed by atoms with Crippen LogP contribution in [0.25, 0.3) is 0 Å². The van der Waals surface area contributed by atoms with Gasteiger partial charge in [-0.25, -0.2) is 0 Å². The van der Waals surface area contributed by atoms with Gasteiger partial charge in [0.15, 0.2) is 0 Å². The molecule has 3 rings (SSSR count). The standard InChI is InChI=1S/C15H22ClN3/c16-13-3-1-12(2-4-13)15(11-17)19-9-7-18(8-10-19)14-5-6-14/h1-4,14-15H,5-11,17H2. The number of halogens is 1. The highest BCUT2D eigenvalue weighted by Gasteiger charge is 2.32. The van der Waals surface area contributed by atoms with E-state index in [2.05, 4.69) is 21.9 Å². The highest BCUT2D eigenvalue weighted by molar-refractivity contribution is 6.30. The minimum absolute atomic E-state index is 0.332. The van der Waals surface area contributed by atoms with Gasteiger partial charge >= 0.3 is 0 Å². The van der Waals surface area contributed by atoms with Crippen molar-refractivity contribution in [1.82, 2.24) is 9.80 Å². The summed E-state index contributed by atoms with van der Waals surface area (Å²) in [6.07, 6.45) is 2.80. The van der Waals surface area contributed by atoms with Gasteiger partial charge in [-0.2, -0.15) is 0 Å². The number of nitrogens with zero attached hydrogens (tertiary/aromatic N) is 2. The molecule has 1 saturated heterocycles. The number of rotatable bonds is 4. The molecule has 1 atom stereocenters. The van der Waals surface area contributed by atoms with Gasteiger partial charge < -0.3 is 5.73 Å². The van der Waals surface area contributed by atoms with Crippen LogP contribution in [0.2, 0.25) is 5.02 Å². The summed E-state index contributed by atoms with van der Waals surface area (Å²) < 4.78 is 0. The molecule has 3 nitrogen and oxygen atoms in total. The van der Waals surface area contributed by atoms with Crippen LogP contribution in [0.4, 0.5) is 0 Å². The molecule has 0 amide bonds. The SMILES string of the molecule is NCC(c1ccc(Cl)cc1)N1CCN(C2CC2)CC1. The highest BCUT2D eigenvalue weighted by Crippen LogP contribution is 2.29. The van der Waals surface area contributed by atoms with Crippen molar-refractivity contribution >= 4 is 11.6 Å². The Bertz CT molecular complexity index is 408. The van der Waals surface area contributed by atoms with Crippen molar-refractivity contribution in [1.29, 1.82) is 0 Å². The minimum atomic E-state index is 0.332. The van der Waals surface area contributed by atoms with Crippen molar-refractivity contribution in [2.45, 2.75) is 24.9 Å². The van der Waals surface area contributed by atoms with Gasteiger partial charge in [0.05, 0.1) is 0 Å². The van der Waals surface area contributed by atoms with Crippen LogP contribution in [0, 0.1) is 0 Å². The van der Waals surface area contributed by atoms with E-state index < -0.39 is 0 Å². The van der Waals surface area contributed by atoms with E-state index in [9.17, 15) is 0 Å². The second kappa shape index (κ2) is 5.80. The maximum Gasteiger partial charge on any atom is 0.0471 e. The average Bonchev–Trinajstić information content (AvgIpc) is 3.27. The van der Waals surface area contributed by atoms with Gasteiger partial charge in [-0.15, -0.1) is 0 Å². The Labute approximate surface area is 120 Å². The van der Waals surface area contributed by atoms with E-state index in [1.165, 1.54) is 31.5 Å². The normalized spacial score (nSPS) is 23.5. The van der Waals surface area contributed by atoms with Crippen molar-refractivity contribution < 1.29 is 0 Å². The zero-order valence-electron chi connectivity index (χ0n) is 11.3. The molecule has 0 radical (unpaired) electrons. The van der Waals surface area contributed by atoms with E-state index >= 15 is 0 Å². The van der Waals surface area contributed by atoms with E-state index in [1.54, 1.807) is 0 Å². The fourth-order valence-corrected chi connectivity index (χ4v) is 3.16. The van der Waals surface area contributed by atoms with E-state index in [0.29, 0.717) is 12.6 Å². The van der Waals surface area contributed by atoms with Crippen molar-refractivity contribution in [3.05, 3.63) is 34.9 Å². The molecule has 4 heteroatoms. The van der Waals surface area contributed by atoms with Crippen LogP contribution in [0.5, 0.6) is 0 Å². The van der Waals surface area contributed by atoms with Crippen LogP contribution in [0.15, 0.2) is 24.3 Å². The lowest BCUT2D eigenvalue weighted by Gasteiger charge is -2.39. The molecule has 104 valence electrons. The summed E-state index contributed by atoms with van der Waals surface area (Å²) in [5.41, 5.74) is 7.28. The van der Waals surface area contributed by atoms with Crippen LogP contribution < -0.4 is 5.73 Å². The Hall–Kier alpha value is -0.610. The van der Waals surface area contributed by atoms with Crippen LogP contribution >= 0.6 is 11.6 Å². The van der Waals surface area contributed by atoms with E-state index in [-0.39, 0.29) is 0 Å². The van der Waals surface area contributed by atoms with Crippen LogP contribution in [0.1, 0.15) is 24.4 Å². The maximum atomic E-state index is 5.99. The second-order valence-electron chi connectivity index (χ2n) is 5.61. The Morgan fingerprint density at radius 1 is 1.11 bits per heavy atom. The summed E-state index contributed by atoms with van der Waals surface area (Å²) in [7, 11) is 0. The van der Waals surface area contributed by atoms with Gasteiger partial charge in [0.2, 0.25) is 0 Å². The zero-order valence-corrected chi connectivity index (χ0v) is 12.0. The van der Waals surface area contributed by atoms with Gasteiger partial charge in [-0.05, 0) is 30.5 Å². The smallest absolute Gasteiger partial charge is 0.0471 e. The minimum Gasteiger partial charge on any atom is -0.329 e. The summed E-state index contributed by atoms with van der Waals surface area (Å²) in [6, 6.07) is 9.34. The Morgan fingerprint density at radius 2 is 1.74 bits per heavy atom. The molecule has 2 fully saturated rings. The first-order valence-corrected chi connectivity index (χ1v) is 7.59. The molecule has 2 aliphatic rings. The van der Waals surface area contributed by atoms with E-state index in [0.717, 1.165) is 24.2 Å². The Morgan fingerprint density at radius 3 is 2.26 bits per heavy atom. The summed E-state index contributed by atoms with van der Waals surface area (Å²) in [5.74, 6) is 0. The van der Waals surface area contributed by atoms with Crippen molar-refractivity contribution in [3.8, 4) is 0 Å². The lowest BCUT2D eigenvalue weighted by molar-refractivity contribution is 0.0938. The number of piperazine rings is 1. The monoisotopic (exact) mass is 279 g/mol. The average molecular weight is 280 g/mol. The maximum absolute atomic E-state index is 5.99. The van der Waals surface area contributed by atoms with E-state index in [1.807, 2.05) is 12.1 Å². The molecule has 1 aliphatic carbocycles. The lowest BCUT2D eigenvalue weighted by atomic mass is 10.0. The molecular formula is C15H22ClN3. The van der Waals surface area contributed by atoms with Crippen molar-refractivity contribution in [2.24, 2.45) is 5.73 Å². The first-order chi connectivity index (χ1) is 9.28. The molecule has 1 saturated carbocycles. The first kappa shape index (κ1) is 13.4. The third-order valence-electron chi connectivity index (χ3n) is 4.33. The topological polar surface area (TPSA) is 32.5 Å². The van der Waals surface area contributed by atoms with Gasteiger partial charge in [-0.3, -0.25) is 9.80 Å². The number of benzene rings is 1. The molecule has 1 heterocycles.